The summed E-state index contributed by atoms with van der Waals surface area (Å²) in [6.45, 7) is 5.24. The summed E-state index contributed by atoms with van der Waals surface area (Å²) >= 11 is 0.405. The Hall–Kier alpha value is -0.910. The smallest absolute Gasteiger partial charge is 0.293 e. The molecule has 0 aliphatic heterocycles. The van der Waals surface area contributed by atoms with Crippen LogP contribution < -0.4 is 0 Å². The predicted octanol–water partition coefficient (Wildman–Crippen LogP) is 3.78. The monoisotopic (exact) mass is 251 g/mol. The predicted molar refractivity (Wildman–Crippen MR) is 55.5 cm³/mol. The maximum Gasteiger partial charge on any atom is 0.443 e. The number of hydrogen-bond donors (Lipinski definition) is 0. The molecule has 90 valence electrons. The number of nitrogens with zero attached hydrogens (tertiary/aromatic N) is 1. The number of carbonyl (C=O) groups excluding carboxylic acids is 1. The molecule has 0 fully saturated rings. The van der Waals surface area contributed by atoms with Crippen LogP contribution in [-0.4, -0.2) is 10.8 Å². The molecule has 0 radical (unpaired) electrons. The van der Waals surface area contributed by atoms with Gasteiger partial charge in [-0.2, -0.15) is 13.2 Å². The second kappa shape index (κ2) is 4.16. The molecule has 1 heterocycles. The number of halogens is 3. The Kier molecular flexibility index (Phi) is 3.42. The highest BCUT2D eigenvalue weighted by atomic mass is 32.1. The van der Waals surface area contributed by atoms with Gasteiger partial charge < -0.3 is 0 Å². The molecule has 2 nitrogen and oxygen atoms in total. The van der Waals surface area contributed by atoms with Crippen molar-refractivity contribution in [1.82, 2.24) is 4.98 Å². The first-order valence-corrected chi connectivity index (χ1v) is 5.58. The average Bonchev–Trinajstić information content (AvgIpc) is 2.64. The van der Waals surface area contributed by atoms with Crippen LogP contribution >= 0.6 is 11.3 Å². The summed E-state index contributed by atoms with van der Waals surface area (Å²) in [5.41, 5.74) is -0.643. The first-order chi connectivity index (χ1) is 7.18. The van der Waals surface area contributed by atoms with E-state index in [1.54, 1.807) is 13.8 Å². The fourth-order valence-electron chi connectivity index (χ4n) is 1.00. The molecule has 1 aromatic heterocycles. The van der Waals surface area contributed by atoms with Gasteiger partial charge in [0.15, 0.2) is 10.8 Å². The molecule has 0 spiro atoms. The standard InChI is InChI=1S/C10H12F3NOS/c1-4-9(2,3)7(15)6-5-14-8(16-6)10(11,12)13/h5H,4H2,1-3H3. The largest absolute Gasteiger partial charge is 0.443 e. The van der Waals surface area contributed by atoms with E-state index in [1.807, 2.05) is 6.92 Å². The van der Waals surface area contributed by atoms with E-state index in [9.17, 15) is 18.0 Å². The van der Waals surface area contributed by atoms with Crippen LogP contribution in [0, 0.1) is 5.41 Å². The van der Waals surface area contributed by atoms with E-state index >= 15 is 0 Å². The normalized spacial score (nSPS) is 12.9. The van der Waals surface area contributed by atoms with E-state index in [1.165, 1.54) is 0 Å². The minimum atomic E-state index is -4.47. The summed E-state index contributed by atoms with van der Waals surface area (Å²) in [7, 11) is 0. The minimum absolute atomic E-state index is 0.0687. The van der Waals surface area contributed by atoms with Gasteiger partial charge >= 0.3 is 6.18 Å². The second-order valence-electron chi connectivity index (χ2n) is 4.09. The van der Waals surface area contributed by atoms with Gasteiger partial charge in [-0.25, -0.2) is 4.98 Å². The van der Waals surface area contributed by atoms with Crippen molar-refractivity contribution in [3.63, 3.8) is 0 Å². The van der Waals surface area contributed by atoms with Crippen LogP contribution in [0.1, 0.15) is 41.9 Å². The molecule has 0 aliphatic rings. The highest BCUT2D eigenvalue weighted by molar-refractivity contribution is 7.13. The molecule has 0 aromatic carbocycles. The number of rotatable bonds is 3. The van der Waals surface area contributed by atoms with Gasteiger partial charge in [-0.05, 0) is 6.42 Å². The maximum atomic E-state index is 12.3. The van der Waals surface area contributed by atoms with Gasteiger partial charge in [0, 0.05) is 11.6 Å². The number of thiazole rings is 1. The number of aromatic nitrogens is 1. The molecule has 1 aromatic rings. The van der Waals surface area contributed by atoms with E-state index in [-0.39, 0.29) is 10.7 Å². The van der Waals surface area contributed by atoms with Crippen LogP contribution in [0.15, 0.2) is 6.20 Å². The van der Waals surface area contributed by atoms with Gasteiger partial charge in [0.05, 0.1) is 4.88 Å². The molecule has 16 heavy (non-hydrogen) atoms. The van der Waals surface area contributed by atoms with E-state index < -0.39 is 16.6 Å². The quantitative estimate of drug-likeness (QED) is 0.765. The van der Waals surface area contributed by atoms with Crippen LogP contribution in [0.4, 0.5) is 13.2 Å². The van der Waals surface area contributed by atoms with Gasteiger partial charge in [-0.3, -0.25) is 4.79 Å². The van der Waals surface area contributed by atoms with Crippen LogP contribution in [0.2, 0.25) is 0 Å². The Morgan fingerprint density at radius 2 is 2.00 bits per heavy atom. The lowest BCUT2D eigenvalue weighted by Gasteiger charge is -2.19. The molecule has 0 saturated carbocycles. The van der Waals surface area contributed by atoms with Crippen LogP contribution in [-0.2, 0) is 6.18 Å². The molecule has 6 heteroatoms. The van der Waals surface area contributed by atoms with Gasteiger partial charge in [0.1, 0.15) is 0 Å². The van der Waals surface area contributed by atoms with Gasteiger partial charge in [0.25, 0.3) is 0 Å². The Balaban J connectivity index is 3.00. The summed E-state index contributed by atoms with van der Waals surface area (Å²) in [6.07, 6.45) is -2.89. The van der Waals surface area contributed by atoms with Crippen LogP contribution in [0.25, 0.3) is 0 Å². The van der Waals surface area contributed by atoms with Gasteiger partial charge in [-0.15, -0.1) is 11.3 Å². The third kappa shape index (κ3) is 2.61. The van der Waals surface area contributed by atoms with Crippen molar-refractivity contribution in [3.8, 4) is 0 Å². The molecule has 0 saturated heterocycles. The van der Waals surface area contributed by atoms with E-state index in [4.69, 9.17) is 0 Å². The molecule has 0 amide bonds. The van der Waals surface area contributed by atoms with Crippen molar-refractivity contribution < 1.29 is 18.0 Å². The van der Waals surface area contributed by atoms with Crippen molar-refractivity contribution in [2.45, 2.75) is 33.4 Å². The molecular formula is C10H12F3NOS. The molecule has 0 atom stereocenters. The van der Waals surface area contributed by atoms with E-state index in [2.05, 4.69) is 4.98 Å². The van der Waals surface area contributed by atoms with Crippen LogP contribution in [0.3, 0.4) is 0 Å². The maximum absolute atomic E-state index is 12.3. The van der Waals surface area contributed by atoms with Gasteiger partial charge in [0.2, 0.25) is 0 Å². The fraction of sp³-hybridized carbons (Fsp3) is 0.600. The number of carbonyl (C=O) groups is 1. The SMILES string of the molecule is CCC(C)(C)C(=O)c1cnc(C(F)(F)F)s1. The zero-order chi connectivity index (χ0) is 12.6. The Morgan fingerprint density at radius 3 is 2.38 bits per heavy atom. The van der Waals surface area contributed by atoms with Crippen LogP contribution in [0.5, 0.6) is 0 Å². The molecule has 0 bridgehead atoms. The Labute approximate surface area is 95.5 Å². The Bertz CT molecular complexity index is 395. The summed E-state index contributed by atoms with van der Waals surface area (Å²) in [6, 6.07) is 0. The summed E-state index contributed by atoms with van der Waals surface area (Å²) < 4.78 is 36.8. The summed E-state index contributed by atoms with van der Waals surface area (Å²) in [4.78, 5) is 15.1. The van der Waals surface area contributed by atoms with Crippen molar-refractivity contribution >= 4 is 17.1 Å². The highest BCUT2D eigenvalue weighted by Gasteiger charge is 2.36. The highest BCUT2D eigenvalue weighted by Crippen LogP contribution is 2.35. The third-order valence-electron chi connectivity index (χ3n) is 2.47. The first kappa shape index (κ1) is 13.2. The zero-order valence-corrected chi connectivity index (χ0v) is 10.00. The number of alkyl halides is 3. The number of ketones is 1. The van der Waals surface area contributed by atoms with Crippen molar-refractivity contribution in [2.24, 2.45) is 5.41 Å². The second-order valence-corrected chi connectivity index (χ2v) is 5.12. The molecule has 1 rings (SSSR count). The van der Waals surface area contributed by atoms with E-state index in [0.717, 1.165) is 6.20 Å². The lowest BCUT2D eigenvalue weighted by atomic mass is 9.85. The first-order valence-electron chi connectivity index (χ1n) is 4.76. The number of Topliss-reactive ketones (excluding diaryl/α,β-unsaturated/α-hetero) is 1. The van der Waals surface area contributed by atoms with Crippen molar-refractivity contribution in [2.75, 3.05) is 0 Å². The third-order valence-corrected chi connectivity index (χ3v) is 3.51. The molecule has 0 aliphatic carbocycles. The summed E-state index contributed by atoms with van der Waals surface area (Å²) in [5.74, 6) is -0.289. The van der Waals surface area contributed by atoms with Crippen molar-refractivity contribution in [1.29, 1.82) is 0 Å². The van der Waals surface area contributed by atoms with E-state index in [0.29, 0.717) is 17.8 Å². The van der Waals surface area contributed by atoms with Crippen molar-refractivity contribution in [3.05, 3.63) is 16.1 Å². The zero-order valence-electron chi connectivity index (χ0n) is 9.18. The Morgan fingerprint density at radius 1 is 1.44 bits per heavy atom. The molecular weight excluding hydrogens is 239 g/mol. The average molecular weight is 251 g/mol. The molecule has 0 N–H and O–H groups in total. The topological polar surface area (TPSA) is 30.0 Å². The summed E-state index contributed by atoms with van der Waals surface area (Å²) in [5, 5.41) is -0.970. The van der Waals surface area contributed by atoms with Gasteiger partial charge in [-0.1, -0.05) is 20.8 Å². The lowest BCUT2D eigenvalue weighted by molar-refractivity contribution is -0.137. The number of hydrogen-bond acceptors (Lipinski definition) is 3. The fourth-order valence-corrected chi connectivity index (χ4v) is 1.91. The minimum Gasteiger partial charge on any atom is -0.293 e. The molecule has 0 unspecified atom stereocenters. The lowest BCUT2D eigenvalue weighted by Crippen LogP contribution is -2.22.